The van der Waals surface area contributed by atoms with Gasteiger partial charge in [-0.15, -0.1) is 11.3 Å². The van der Waals surface area contributed by atoms with Gasteiger partial charge in [0.05, 0.1) is 13.2 Å². The van der Waals surface area contributed by atoms with E-state index in [9.17, 15) is 9.90 Å². The van der Waals surface area contributed by atoms with Crippen molar-refractivity contribution >= 4 is 17.3 Å². The maximum absolute atomic E-state index is 11.3. The summed E-state index contributed by atoms with van der Waals surface area (Å²) in [5, 5.41) is 9.28. The minimum Gasteiger partial charge on any atom is -0.488 e. The standard InChI is InChI=1S/C14H20O4S/c1-14(2,3)11-8-10(12(19-11)13(15)16)18-9-4-6-17-7-5-9/h8-9H,4-7H2,1-3H3,(H,15,16). The lowest BCUT2D eigenvalue weighted by Gasteiger charge is -2.23. The molecule has 1 aliphatic rings. The second kappa shape index (κ2) is 5.51. The Hall–Kier alpha value is -1.07. The van der Waals surface area contributed by atoms with Gasteiger partial charge in [0.1, 0.15) is 11.9 Å². The average molecular weight is 284 g/mol. The third kappa shape index (κ3) is 3.48. The van der Waals surface area contributed by atoms with E-state index in [4.69, 9.17) is 9.47 Å². The number of hydrogen-bond acceptors (Lipinski definition) is 4. The molecular weight excluding hydrogens is 264 g/mol. The van der Waals surface area contributed by atoms with Crippen molar-refractivity contribution in [1.29, 1.82) is 0 Å². The number of carboxylic acid groups (broad SMARTS) is 1. The molecule has 1 aromatic rings. The van der Waals surface area contributed by atoms with E-state index in [-0.39, 0.29) is 11.5 Å². The lowest BCUT2D eigenvalue weighted by Crippen LogP contribution is -2.26. The highest BCUT2D eigenvalue weighted by molar-refractivity contribution is 7.14. The number of ether oxygens (including phenoxy) is 2. The summed E-state index contributed by atoms with van der Waals surface area (Å²) in [5.74, 6) is -0.406. The van der Waals surface area contributed by atoms with Crippen LogP contribution in [-0.2, 0) is 10.2 Å². The molecule has 0 radical (unpaired) electrons. The molecular formula is C14H20O4S. The molecule has 1 fully saturated rings. The number of hydrogen-bond donors (Lipinski definition) is 1. The quantitative estimate of drug-likeness (QED) is 0.925. The third-order valence-electron chi connectivity index (χ3n) is 3.09. The molecule has 0 atom stereocenters. The zero-order valence-corrected chi connectivity index (χ0v) is 12.4. The van der Waals surface area contributed by atoms with Gasteiger partial charge in [0.2, 0.25) is 0 Å². The summed E-state index contributed by atoms with van der Waals surface area (Å²) in [4.78, 5) is 12.6. The SMILES string of the molecule is CC(C)(C)c1cc(OC2CCOCC2)c(C(=O)O)s1. The summed E-state index contributed by atoms with van der Waals surface area (Å²) in [6, 6.07) is 1.88. The van der Waals surface area contributed by atoms with Crippen molar-refractivity contribution in [2.75, 3.05) is 13.2 Å². The van der Waals surface area contributed by atoms with Gasteiger partial charge in [-0.3, -0.25) is 0 Å². The first-order valence-electron chi connectivity index (χ1n) is 6.50. The molecule has 0 bridgehead atoms. The van der Waals surface area contributed by atoms with Crippen LogP contribution in [0.15, 0.2) is 6.07 Å². The molecule has 0 amide bonds. The zero-order chi connectivity index (χ0) is 14.0. The second-order valence-corrected chi connectivity index (χ2v) is 6.84. The fourth-order valence-corrected chi connectivity index (χ4v) is 2.94. The van der Waals surface area contributed by atoms with Crippen molar-refractivity contribution in [3.8, 4) is 5.75 Å². The van der Waals surface area contributed by atoms with E-state index in [0.717, 1.165) is 17.7 Å². The molecule has 1 N–H and O–H groups in total. The number of carbonyl (C=O) groups is 1. The van der Waals surface area contributed by atoms with Crippen molar-refractivity contribution in [2.24, 2.45) is 0 Å². The fourth-order valence-electron chi connectivity index (χ4n) is 1.95. The third-order valence-corrected chi connectivity index (χ3v) is 4.62. The predicted molar refractivity (Wildman–Crippen MR) is 74.4 cm³/mol. The van der Waals surface area contributed by atoms with E-state index in [1.165, 1.54) is 11.3 Å². The van der Waals surface area contributed by atoms with E-state index in [2.05, 4.69) is 20.8 Å². The highest BCUT2D eigenvalue weighted by Crippen LogP contribution is 2.37. The number of carboxylic acids is 1. The van der Waals surface area contributed by atoms with Crippen LogP contribution in [0.25, 0.3) is 0 Å². The molecule has 106 valence electrons. The molecule has 0 unspecified atom stereocenters. The van der Waals surface area contributed by atoms with Gasteiger partial charge in [-0.2, -0.15) is 0 Å². The predicted octanol–water partition coefficient (Wildman–Crippen LogP) is 3.30. The molecule has 0 spiro atoms. The Bertz CT molecular complexity index is 453. The summed E-state index contributed by atoms with van der Waals surface area (Å²) in [5.41, 5.74) is -0.0633. The molecule has 4 nitrogen and oxygen atoms in total. The molecule has 0 aromatic carbocycles. The van der Waals surface area contributed by atoms with Crippen molar-refractivity contribution in [1.82, 2.24) is 0 Å². The van der Waals surface area contributed by atoms with E-state index >= 15 is 0 Å². The Morgan fingerprint density at radius 3 is 2.58 bits per heavy atom. The first-order valence-corrected chi connectivity index (χ1v) is 7.31. The Balaban J connectivity index is 2.22. The summed E-state index contributed by atoms with van der Waals surface area (Å²) in [6.07, 6.45) is 1.70. The number of aromatic carboxylic acids is 1. The normalized spacial score (nSPS) is 17.4. The Morgan fingerprint density at radius 1 is 1.42 bits per heavy atom. The monoisotopic (exact) mass is 284 g/mol. The summed E-state index contributed by atoms with van der Waals surface area (Å²) in [7, 11) is 0. The van der Waals surface area contributed by atoms with Crippen LogP contribution < -0.4 is 4.74 Å². The molecule has 19 heavy (non-hydrogen) atoms. The summed E-state index contributed by atoms with van der Waals surface area (Å²) in [6.45, 7) is 7.58. The minimum atomic E-state index is -0.914. The topological polar surface area (TPSA) is 55.8 Å². The lowest BCUT2D eigenvalue weighted by molar-refractivity contribution is 0.0251. The van der Waals surface area contributed by atoms with Gasteiger partial charge < -0.3 is 14.6 Å². The summed E-state index contributed by atoms with van der Waals surface area (Å²) < 4.78 is 11.2. The molecule has 1 aromatic heterocycles. The van der Waals surface area contributed by atoms with Gasteiger partial charge in [-0.05, 0) is 11.5 Å². The molecule has 1 saturated heterocycles. The van der Waals surface area contributed by atoms with Gasteiger partial charge in [-0.1, -0.05) is 20.8 Å². The molecule has 1 aliphatic heterocycles. The zero-order valence-electron chi connectivity index (χ0n) is 11.6. The van der Waals surface area contributed by atoms with E-state index < -0.39 is 5.97 Å². The van der Waals surface area contributed by atoms with Gasteiger partial charge in [-0.25, -0.2) is 4.79 Å². The van der Waals surface area contributed by atoms with Gasteiger partial charge in [0, 0.05) is 17.7 Å². The van der Waals surface area contributed by atoms with Crippen LogP contribution in [0.3, 0.4) is 0 Å². The number of rotatable bonds is 3. The van der Waals surface area contributed by atoms with E-state index in [1.54, 1.807) is 0 Å². The van der Waals surface area contributed by atoms with E-state index in [1.807, 2.05) is 6.07 Å². The minimum absolute atomic E-state index is 0.0633. The van der Waals surface area contributed by atoms with Crippen LogP contribution in [0.5, 0.6) is 5.75 Å². The molecule has 2 heterocycles. The van der Waals surface area contributed by atoms with Crippen molar-refractivity contribution in [3.63, 3.8) is 0 Å². The first kappa shape index (κ1) is 14.3. The maximum atomic E-state index is 11.3. The Labute approximate surface area is 117 Å². The van der Waals surface area contributed by atoms with Gasteiger partial charge >= 0.3 is 5.97 Å². The summed E-state index contributed by atoms with van der Waals surface area (Å²) >= 11 is 1.31. The average Bonchev–Trinajstić information content (AvgIpc) is 2.74. The molecule has 5 heteroatoms. The maximum Gasteiger partial charge on any atom is 0.349 e. The van der Waals surface area contributed by atoms with Crippen molar-refractivity contribution < 1.29 is 19.4 Å². The molecule has 0 aliphatic carbocycles. The Kier molecular flexibility index (Phi) is 4.16. The largest absolute Gasteiger partial charge is 0.488 e. The van der Waals surface area contributed by atoms with Crippen LogP contribution in [0, 0.1) is 0 Å². The van der Waals surface area contributed by atoms with Gasteiger partial charge in [0.15, 0.2) is 4.88 Å². The van der Waals surface area contributed by atoms with Crippen LogP contribution >= 0.6 is 11.3 Å². The lowest BCUT2D eigenvalue weighted by atomic mass is 9.95. The van der Waals surface area contributed by atoms with Crippen LogP contribution in [0.2, 0.25) is 0 Å². The second-order valence-electron chi connectivity index (χ2n) is 5.79. The van der Waals surface area contributed by atoms with Crippen LogP contribution in [-0.4, -0.2) is 30.4 Å². The van der Waals surface area contributed by atoms with Crippen LogP contribution in [0.1, 0.15) is 48.2 Å². The van der Waals surface area contributed by atoms with Crippen molar-refractivity contribution in [3.05, 3.63) is 15.8 Å². The number of thiophene rings is 1. The van der Waals surface area contributed by atoms with E-state index in [0.29, 0.717) is 23.8 Å². The highest BCUT2D eigenvalue weighted by atomic mass is 32.1. The Morgan fingerprint density at radius 2 is 2.05 bits per heavy atom. The first-order chi connectivity index (χ1) is 8.88. The smallest absolute Gasteiger partial charge is 0.349 e. The molecule has 2 rings (SSSR count). The van der Waals surface area contributed by atoms with Crippen molar-refractivity contribution in [2.45, 2.75) is 45.1 Å². The molecule has 0 saturated carbocycles. The fraction of sp³-hybridized carbons (Fsp3) is 0.643. The van der Waals surface area contributed by atoms with Crippen LogP contribution in [0.4, 0.5) is 0 Å². The van der Waals surface area contributed by atoms with Gasteiger partial charge in [0.25, 0.3) is 0 Å². The highest BCUT2D eigenvalue weighted by Gasteiger charge is 2.26.